The molecule has 0 aromatic heterocycles. The van der Waals surface area contributed by atoms with Gasteiger partial charge in [0.1, 0.15) is 0 Å². The van der Waals surface area contributed by atoms with Gasteiger partial charge in [-0.2, -0.15) is 0 Å². The van der Waals surface area contributed by atoms with E-state index in [4.69, 9.17) is 9.85 Å². The predicted octanol–water partition coefficient (Wildman–Crippen LogP) is 1.10. The third-order valence-corrected chi connectivity index (χ3v) is 12.5. The van der Waals surface area contributed by atoms with Crippen molar-refractivity contribution in [3.05, 3.63) is 0 Å². The van der Waals surface area contributed by atoms with Gasteiger partial charge in [-0.05, 0) is 39.2 Å². The summed E-state index contributed by atoms with van der Waals surface area (Å²) in [6, 6.07) is 0. The summed E-state index contributed by atoms with van der Waals surface area (Å²) in [5.74, 6) is 0. The number of rotatable bonds is 10. The SMILES string of the molecule is CCCN1CCN(C[Si](C)(C)O[Si](C)(C)CN2CCN(CCN)CC2)CC1. The summed E-state index contributed by atoms with van der Waals surface area (Å²) in [5, 5.41) is 0. The zero-order chi connectivity index (χ0) is 19.9. The minimum atomic E-state index is -1.67. The molecule has 2 rings (SSSR count). The predicted molar refractivity (Wildman–Crippen MR) is 121 cm³/mol. The first-order chi connectivity index (χ1) is 12.7. The summed E-state index contributed by atoms with van der Waals surface area (Å²) in [5.41, 5.74) is 5.69. The van der Waals surface area contributed by atoms with E-state index in [1.165, 1.54) is 64.6 Å². The Morgan fingerprint density at radius 3 is 1.41 bits per heavy atom. The van der Waals surface area contributed by atoms with E-state index in [1.54, 1.807) is 0 Å². The largest absolute Gasteiger partial charge is 0.454 e. The minimum Gasteiger partial charge on any atom is -0.454 e. The molecule has 0 aromatic rings. The van der Waals surface area contributed by atoms with Gasteiger partial charge in [-0.3, -0.25) is 4.90 Å². The highest BCUT2D eigenvalue weighted by Gasteiger charge is 2.36. The van der Waals surface area contributed by atoms with Crippen molar-refractivity contribution in [3.8, 4) is 0 Å². The molecule has 2 fully saturated rings. The van der Waals surface area contributed by atoms with Crippen LogP contribution in [0.2, 0.25) is 26.2 Å². The normalized spacial score (nSPS) is 22.4. The maximum Gasteiger partial charge on any atom is 0.187 e. The van der Waals surface area contributed by atoms with Crippen LogP contribution in [0, 0.1) is 0 Å². The Bertz CT molecular complexity index is 384. The van der Waals surface area contributed by atoms with Crippen LogP contribution in [0.5, 0.6) is 0 Å². The topological polar surface area (TPSA) is 48.2 Å². The van der Waals surface area contributed by atoms with Crippen molar-refractivity contribution in [1.82, 2.24) is 19.6 Å². The summed E-state index contributed by atoms with van der Waals surface area (Å²) >= 11 is 0. The monoisotopic (exact) mass is 415 g/mol. The van der Waals surface area contributed by atoms with E-state index in [-0.39, 0.29) is 0 Å². The first-order valence-corrected chi connectivity index (χ1v) is 17.3. The number of hydrogen-bond acceptors (Lipinski definition) is 6. The number of hydrogen-bond donors (Lipinski definition) is 1. The second-order valence-electron chi connectivity index (χ2n) is 9.65. The van der Waals surface area contributed by atoms with E-state index in [2.05, 4.69) is 52.7 Å². The van der Waals surface area contributed by atoms with Gasteiger partial charge in [-0.25, -0.2) is 0 Å². The lowest BCUT2D eigenvalue weighted by atomic mass is 10.3. The van der Waals surface area contributed by atoms with E-state index >= 15 is 0 Å². The fourth-order valence-corrected chi connectivity index (χ4v) is 14.0. The van der Waals surface area contributed by atoms with Crippen LogP contribution in [0.25, 0.3) is 0 Å². The number of piperazine rings is 2. The van der Waals surface area contributed by atoms with E-state index in [1.807, 2.05) is 0 Å². The van der Waals surface area contributed by atoms with Crippen LogP contribution in [0.3, 0.4) is 0 Å². The van der Waals surface area contributed by atoms with E-state index < -0.39 is 16.6 Å². The van der Waals surface area contributed by atoms with Gasteiger partial charge in [-0.15, -0.1) is 0 Å². The lowest BCUT2D eigenvalue weighted by Gasteiger charge is -2.43. The van der Waals surface area contributed by atoms with Crippen LogP contribution in [-0.4, -0.2) is 121 Å². The average molecular weight is 416 g/mol. The Hall–Kier alpha value is 0.194. The van der Waals surface area contributed by atoms with Gasteiger partial charge in [0, 0.05) is 77.8 Å². The first-order valence-electron chi connectivity index (χ1n) is 11.0. The van der Waals surface area contributed by atoms with Crippen molar-refractivity contribution in [3.63, 3.8) is 0 Å². The second-order valence-corrected chi connectivity index (χ2v) is 18.1. The fourth-order valence-electron chi connectivity index (χ4n) is 4.73. The van der Waals surface area contributed by atoms with Gasteiger partial charge < -0.3 is 24.5 Å². The maximum absolute atomic E-state index is 6.93. The van der Waals surface area contributed by atoms with Gasteiger partial charge in [0.25, 0.3) is 0 Å². The highest BCUT2D eigenvalue weighted by Crippen LogP contribution is 2.18. The summed E-state index contributed by atoms with van der Waals surface area (Å²) < 4.78 is 6.93. The zero-order valence-electron chi connectivity index (χ0n) is 18.7. The highest BCUT2D eigenvalue weighted by atomic mass is 28.4. The van der Waals surface area contributed by atoms with E-state index in [0.717, 1.165) is 26.2 Å². The Kier molecular flexibility index (Phi) is 9.41. The molecule has 0 atom stereocenters. The van der Waals surface area contributed by atoms with E-state index in [0.29, 0.717) is 0 Å². The van der Waals surface area contributed by atoms with Crippen molar-refractivity contribution >= 4 is 16.6 Å². The Labute approximate surface area is 170 Å². The molecule has 6 nitrogen and oxygen atoms in total. The highest BCUT2D eigenvalue weighted by molar-refractivity contribution is 6.85. The maximum atomic E-state index is 6.93. The summed E-state index contributed by atoms with van der Waals surface area (Å²) in [7, 11) is -3.33. The lowest BCUT2D eigenvalue weighted by molar-refractivity contribution is 0.141. The van der Waals surface area contributed by atoms with Crippen LogP contribution < -0.4 is 5.73 Å². The Morgan fingerprint density at radius 1 is 0.667 bits per heavy atom. The van der Waals surface area contributed by atoms with Crippen LogP contribution in [0.15, 0.2) is 0 Å². The van der Waals surface area contributed by atoms with Gasteiger partial charge in [-0.1, -0.05) is 6.92 Å². The van der Waals surface area contributed by atoms with Crippen LogP contribution >= 0.6 is 0 Å². The molecule has 0 aliphatic carbocycles. The summed E-state index contributed by atoms with van der Waals surface area (Å²) in [6.07, 6.45) is 3.63. The first kappa shape index (κ1) is 23.5. The summed E-state index contributed by atoms with van der Waals surface area (Å²) in [6.45, 7) is 24.6. The molecule has 2 heterocycles. The lowest BCUT2D eigenvalue weighted by Crippen LogP contribution is -2.59. The average Bonchev–Trinajstić information content (AvgIpc) is 2.57. The van der Waals surface area contributed by atoms with Crippen molar-refractivity contribution in [2.24, 2.45) is 5.73 Å². The minimum absolute atomic E-state index is 0.774. The molecule has 2 saturated heterocycles. The van der Waals surface area contributed by atoms with Gasteiger partial charge in [0.15, 0.2) is 16.6 Å². The van der Waals surface area contributed by atoms with Crippen molar-refractivity contribution in [2.75, 3.05) is 84.3 Å². The van der Waals surface area contributed by atoms with Crippen LogP contribution in [0.1, 0.15) is 13.3 Å². The Balaban J connectivity index is 1.74. The van der Waals surface area contributed by atoms with Crippen LogP contribution in [-0.2, 0) is 4.12 Å². The molecular weight excluding hydrogens is 370 g/mol. The molecule has 0 unspecified atom stereocenters. The molecule has 0 spiro atoms. The number of nitrogens with two attached hydrogens (primary N) is 1. The Morgan fingerprint density at radius 2 is 1.04 bits per heavy atom. The summed E-state index contributed by atoms with van der Waals surface area (Å²) in [4.78, 5) is 10.4. The second kappa shape index (κ2) is 10.8. The van der Waals surface area contributed by atoms with Gasteiger partial charge in [0.05, 0.1) is 0 Å². The molecule has 0 radical (unpaired) electrons. The molecule has 0 aromatic carbocycles. The smallest absolute Gasteiger partial charge is 0.187 e. The van der Waals surface area contributed by atoms with Crippen molar-refractivity contribution < 1.29 is 4.12 Å². The molecule has 2 aliphatic heterocycles. The molecule has 0 bridgehead atoms. The van der Waals surface area contributed by atoms with Crippen molar-refractivity contribution in [1.29, 1.82) is 0 Å². The molecule has 0 saturated carbocycles. The third-order valence-electron chi connectivity index (χ3n) is 5.68. The molecule has 0 amide bonds. The molecule has 27 heavy (non-hydrogen) atoms. The standard InChI is InChI=1S/C19H45N5OSi2/c1-6-8-21-10-14-23(15-11-21)18-26(2,3)25-27(4,5)19-24-16-12-22(9-7-20)13-17-24/h6-20H2,1-5H3. The van der Waals surface area contributed by atoms with E-state index in [9.17, 15) is 0 Å². The fraction of sp³-hybridized carbons (Fsp3) is 1.00. The molecule has 8 heteroatoms. The van der Waals surface area contributed by atoms with Gasteiger partial charge in [0.2, 0.25) is 0 Å². The molecule has 160 valence electrons. The van der Waals surface area contributed by atoms with Crippen molar-refractivity contribution in [2.45, 2.75) is 39.5 Å². The van der Waals surface area contributed by atoms with Crippen LogP contribution in [0.4, 0.5) is 0 Å². The molecular formula is C19H45N5OSi2. The zero-order valence-corrected chi connectivity index (χ0v) is 20.7. The molecule has 2 N–H and O–H groups in total. The third kappa shape index (κ3) is 8.61. The number of nitrogens with zero attached hydrogens (tertiary/aromatic N) is 4. The van der Waals surface area contributed by atoms with Gasteiger partial charge >= 0.3 is 0 Å². The molecule has 2 aliphatic rings. The quantitative estimate of drug-likeness (QED) is 0.539.